The van der Waals surface area contributed by atoms with Crippen LogP contribution >= 0.6 is 0 Å². The van der Waals surface area contributed by atoms with Crippen LogP contribution in [0.25, 0.3) is 10.9 Å². The van der Waals surface area contributed by atoms with Gasteiger partial charge < -0.3 is 15.2 Å². The summed E-state index contributed by atoms with van der Waals surface area (Å²) in [6, 6.07) is 9.49. The molecule has 0 unspecified atom stereocenters. The molecule has 0 radical (unpaired) electrons. The van der Waals surface area contributed by atoms with Gasteiger partial charge in [0.1, 0.15) is 11.6 Å². The van der Waals surface area contributed by atoms with Crippen LogP contribution in [0.5, 0.6) is 5.75 Å². The van der Waals surface area contributed by atoms with Crippen LogP contribution in [0, 0.1) is 11.7 Å². The van der Waals surface area contributed by atoms with Crippen LogP contribution in [0.3, 0.4) is 0 Å². The summed E-state index contributed by atoms with van der Waals surface area (Å²) in [7, 11) is 1.53. The van der Waals surface area contributed by atoms with Crippen LogP contribution in [0.4, 0.5) is 10.1 Å². The molecule has 0 atom stereocenters. The molecule has 152 valence electrons. The fourth-order valence-corrected chi connectivity index (χ4v) is 3.94. The first-order valence-electron chi connectivity index (χ1n) is 9.82. The zero-order valence-electron chi connectivity index (χ0n) is 16.3. The van der Waals surface area contributed by atoms with Gasteiger partial charge in [0.15, 0.2) is 0 Å². The third-order valence-electron chi connectivity index (χ3n) is 5.63. The number of nitrogens with zero attached hydrogens (tertiary/aromatic N) is 2. The van der Waals surface area contributed by atoms with Gasteiger partial charge in [0.05, 0.1) is 24.4 Å². The maximum absolute atomic E-state index is 13.4. The van der Waals surface area contributed by atoms with E-state index in [0.717, 1.165) is 36.6 Å². The van der Waals surface area contributed by atoms with Crippen molar-refractivity contribution in [2.24, 2.45) is 5.92 Å². The molecule has 0 aliphatic heterocycles. The molecule has 1 aliphatic rings. The van der Waals surface area contributed by atoms with E-state index in [-0.39, 0.29) is 12.2 Å². The van der Waals surface area contributed by atoms with Crippen molar-refractivity contribution in [2.45, 2.75) is 31.7 Å². The fraction of sp³-hybridized carbons (Fsp3) is 0.364. The molecule has 0 spiro atoms. The molecule has 3 aromatic rings. The van der Waals surface area contributed by atoms with Gasteiger partial charge in [-0.15, -0.1) is 0 Å². The summed E-state index contributed by atoms with van der Waals surface area (Å²) in [4.78, 5) is 12.5. The molecular formula is C22H24FN3O3. The van der Waals surface area contributed by atoms with Gasteiger partial charge in [-0.25, -0.2) is 4.39 Å². The van der Waals surface area contributed by atoms with Gasteiger partial charge >= 0.3 is 0 Å². The highest BCUT2D eigenvalue weighted by Crippen LogP contribution is 2.35. The van der Waals surface area contributed by atoms with Gasteiger partial charge in [-0.05, 0) is 55.9 Å². The average Bonchev–Trinajstić information content (AvgIpc) is 3.16. The maximum Gasteiger partial charge on any atom is 0.255 e. The Bertz CT molecular complexity index is 1030. The Labute approximate surface area is 168 Å². The molecule has 6 nitrogen and oxygen atoms in total. The fourth-order valence-electron chi connectivity index (χ4n) is 3.94. The highest BCUT2D eigenvalue weighted by Gasteiger charge is 2.23. The summed E-state index contributed by atoms with van der Waals surface area (Å²) in [6.45, 7) is 0.249. The number of hydrogen-bond donors (Lipinski definition) is 2. The molecule has 2 N–H and O–H groups in total. The third kappa shape index (κ3) is 4.10. The van der Waals surface area contributed by atoms with Crippen molar-refractivity contribution >= 4 is 22.5 Å². The topological polar surface area (TPSA) is 76.4 Å². The van der Waals surface area contributed by atoms with E-state index in [2.05, 4.69) is 5.32 Å². The van der Waals surface area contributed by atoms with Gasteiger partial charge in [0, 0.05) is 29.8 Å². The lowest BCUT2D eigenvalue weighted by atomic mass is 9.87. The summed E-state index contributed by atoms with van der Waals surface area (Å²) in [5.41, 5.74) is 1.54. The minimum absolute atomic E-state index is 0.239. The number of nitrogens with one attached hydrogen (secondary N) is 1. The summed E-state index contributed by atoms with van der Waals surface area (Å²) in [5.74, 6) is 0.0200. The van der Waals surface area contributed by atoms with Gasteiger partial charge in [-0.3, -0.25) is 9.48 Å². The van der Waals surface area contributed by atoms with E-state index in [0.29, 0.717) is 23.4 Å². The van der Waals surface area contributed by atoms with Crippen molar-refractivity contribution in [3.8, 4) is 5.75 Å². The largest absolute Gasteiger partial charge is 0.494 e. The van der Waals surface area contributed by atoms with Crippen molar-refractivity contribution in [2.75, 3.05) is 19.0 Å². The van der Waals surface area contributed by atoms with Crippen LogP contribution in [0.1, 0.15) is 42.1 Å². The predicted octanol–water partition coefficient (Wildman–Crippen LogP) is 4.16. The van der Waals surface area contributed by atoms with Crippen LogP contribution in [-0.4, -0.2) is 34.5 Å². The number of rotatable bonds is 5. The van der Waals surface area contributed by atoms with Crippen molar-refractivity contribution in [1.29, 1.82) is 0 Å². The normalized spacial score (nSPS) is 19.3. The molecule has 1 saturated carbocycles. The number of aliphatic hydroxyl groups excluding tert-OH is 1. The molecule has 1 aromatic heterocycles. The first-order chi connectivity index (χ1) is 14.1. The predicted molar refractivity (Wildman–Crippen MR) is 109 cm³/mol. The first kappa shape index (κ1) is 19.4. The highest BCUT2D eigenvalue weighted by atomic mass is 19.1. The highest BCUT2D eigenvalue weighted by molar-refractivity contribution is 6.06. The SMILES string of the molecule is COc1cc2nn(C3CCC(CO)CC3)cc2cc1NC(=O)c1cccc(F)c1. The zero-order valence-corrected chi connectivity index (χ0v) is 16.3. The molecule has 0 bridgehead atoms. The number of aromatic nitrogens is 2. The Kier molecular flexibility index (Phi) is 5.49. The van der Waals surface area contributed by atoms with Gasteiger partial charge in [-0.1, -0.05) is 6.07 Å². The van der Waals surface area contributed by atoms with E-state index >= 15 is 0 Å². The third-order valence-corrected chi connectivity index (χ3v) is 5.63. The van der Waals surface area contributed by atoms with Crippen molar-refractivity contribution in [3.05, 3.63) is 54.0 Å². The number of fused-ring (bicyclic) bond motifs is 1. The number of halogens is 1. The molecule has 4 rings (SSSR count). The van der Waals surface area contributed by atoms with Crippen molar-refractivity contribution in [1.82, 2.24) is 9.78 Å². The molecule has 1 fully saturated rings. The molecule has 1 aliphatic carbocycles. The zero-order chi connectivity index (χ0) is 20.4. The van der Waals surface area contributed by atoms with Crippen molar-refractivity contribution in [3.63, 3.8) is 0 Å². The van der Waals surface area contributed by atoms with E-state index in [1.54, 1.807) is 12.1 Å². The minimum Gasteiger partial charge on any atom is -0.494 e. The van der Waals surface area contributed by atoms with Gasteiger partial charge in [0.2, 0.25) is 0 Å². The summed E-state index contributed by atoms with van der Waals surface area (Å²) < 4.78 is 20.8. The molecule has 1 amide bonds. The second kappa shape index (κ2) is 8.21. The summed E-state index contributed by atoms with van der Waals surface area (Å²) in [5, 5.41) is 17.7. The standard InChI is InChI=1S/C22H24FN3O3/c1-29-21-11-19-16(12-26(25-19)18-7-5-14(13-27)6-8-18)10-20(21)24-22(28)15-3-2-4-17(23)9-15/h2-4,9-12,14,18,27H,5-8,13H2,1H3,(H,24,28). The molecule has 0 saturated heterocycles. The Balaban J connectivity index is 1.59. The lowest BCUT2D eigenvalue weighted by Gasteiger charge is -2.27. The summed E-state index contributed by atoms with van der Waals surface area (Å²) >= 11 is 0. The van der Waals surface area contributed by atoms with Crippen LogP contribution in [-0.2, 0) is 0 Å². The number of methoxy groups -OCH3 is 1. The molecule has 29 heavy (non-hydrogen) atoms. The number of hydrogen-bond acceptors (Lipinski definition) is 4. The number of anilines is 1. The minimum atomic E-state index is -0.461. The first-order valence-corrected chi connectivity index (χ1v) is 9.82. The number of amides is 1. The Hall–Kier alpha value is -2.93. The second-order valence-corrected chi connectivity index (χ2v) is 7.54. The molecule has 2 aromatic carbocycles. The molecular weight excluding hydrogens is 373 g/mol. The van der Waals surface area contributed by atoms with E-state index < -0.39 is 11.7 Å². The lowest BCUT2D eigenvalue weighted by molar-refractivity contribution is 0.102. The van der Waals surface area contributed by atoms with Crippen LogP contribution in [0.2, 0.25) is 0 Å². The van der Waals surface area contributed by atoms with E-state index in [1.165, 1.54) is 25.3 Å². The average molecular weight is 397 g/mol. The number of carbonyl (C=O) groups excluding carboxylic acids is 1. The van der Waals surface area contributed by atoms with E-state index in [4.69, 9.17) is 9.84 Å². The van der Waals surface area contributed by atoms with E-state index in [9.17, 15) is 14.3 Å². The number of carbonyl (C=O) groups is 1. The smallest absolute Gasteiger partial charge is 0.255 e. The molecule has 1 heterocycles. The monoisotopic (exact) mass is 397 g/mol. The van der Waals surface area contributed by atoms with Gasteiger partial charge in [0.25, 0.3) is 5.91 Å². The maximum atomic E-state index is 13.4. The summed E-state index contributed by atoms with van der Waals surface area (Å²) in [6.07, 6.45) is 5.95. The Morgan fingerprint density at radius 1 is 1.28 bits per heavy atom. The lowest BCUT2D eigenvalue weighted by Crippen LogP contribution is -2.20. The number of benzene rings is 2. The van der Waals surface area contributed by atoms with Crippen molar-refractivity contribution < 1.29 is 19.0 Å². The Morgan fingerprint density at radius 3 is 2.76 bits per heavy atom. The number of ether oxygens (including phenoxy) is 1. The quantitative estimate of drug-likeness (QED) is 0.678. The van der Waals surface area contributed by atoms with Crippen LogP contribution < -0.4 is 10.1 Å². The Morgan fingerprint density at radius 2 is 2.07 bits per heavy atom. The van der Waals surface area contributed by atoms with E-state index in [1.807, 2.05) is 16.9 Å². The van der Waals surface area contributed by atoms with Gasteiger partial charge in [-0.2, -0.15) is 5.10 Å². The van der Waals surface area contributed by atoms with Crippen LogP contribution in [0.15, 0.2) is 42.6 Å². The second-order valence-electron chi connectivity index (χ2n) is 7.54. The molecule has 7 heteroatoms. The number of aliphatic hydroxyl groups is 1.